The Hall–Kier alpha value is -3.09. The van der Waals surface area contributed by atoms with Crippen LogP contribution in [0.1, 0.15) is 32.1 Å². The summed E-state index contributed by atoms with van der Waals surface area (Å²) in [7, 11) is 1.62. The van der Waals surface area contributed by atoms with Crippen LogP contribution in [0.2, 0.25) is 0 Å². The van der Waals surface area contributed by atoms with Gasteiger partial charge in [-0.3, -0.25) is 0 Å². The molecule has 2 N–H and O–H groups in total. The molecule has 0 saturated heterocycles. The van der Waals surface area contributed by atoms with Gasteiger partial charge in [-0.15, -0.1) is 11.3 Å². The lowest BCUT2D eigenvalue weighted by molar-refractivity contribution is 0.0684. The van der Waals surface area contributed by atoms with Gasteiger partial charge < -0.3 is 19.7 Å². The number of aryl methyl sites for hydroxylation is 1. The van der Waals surface area contributed by atoms with E-state index in [9.17, 15) is 9.90 Å². The molecule has 0 amide bonds. The minimum atomic E-state index is -0.924. The minimum Gasteiger partial charge on any atom is -0.497 e. The molecule has 4 rings (SSSR count). The molecule has 0 spiro atoms. The molecule has 2 aromatic carbocycles. The zero-order chi connectivity index (χ0) is 21.1. The van der Waals surface area contributed by atoms with Crippen LogP contribution in [0.5, 0.6) is 5.75 Å². The van der Waals surface area contributed by atoms with Gasteiger partial charge in [-0.25, -0.2) is 4.79 Å². The molecule has 0 aliphatic heterocycles. The van der Waals surface area contributed by atoms with Crippen LogP contribution in [0.15, 0.2) is 60.0 Å². The van der Waals surface area contributed by atoms with Gasteiger partial charge in [-0.05, 0) is 41.6 Å². The summed E-state index contributed by atoms with van der Waals surface area (Å²) < 4.78 is 7.31. The average Bonchev–Trinajstić information content (AvgIpc) is 3.36. The van der Waals surface area contributed by atoms with Gasteiger partial charge in [0.2, 0.25) is 0 Å². The maximum absolute atomic E-state index is 12.4. The van der Waals surface area contributed by atoms with Crippen molar-refractivity contribution < 1.29 is 14.6 Å². The molecular formula is C24H24N2O3S. The smallest absolute Gasteiger partial charge is 0.352 e. The van der Waals surface area contributed by atoms with E-state index in [2.05, 4.69) is 11.4 Å². The molecule has 30 heavy (non-hydrogen) atoms. The van der Waals surface area contributed by atoms with Gasteiger partial charge in [-0.1, -0.05) is 30.3 Å². The van der Waals surface area contributed by atoms with E-state index >= 15 is 0 Å². The third-order valence-electron chi connectivity index (χ3n) is 5.35. The number of thiophene rings is 1. The lowest BCUT2D eigenvalue weighted by Gasteiger charge is -2.12. The maximum atomic E-state index is 12.4. The van der Waals surface area contributed by atoms with Gasteiger partial charge in [0, 0.05) is 41.5 Å². The van der Waals surface area contributed by atoms with E-state index < -0.39 is 5.97 Å². The number of carboxylic acid groups (broad SMARTS) is 1. The van der Waals surface area contributed by atoms with Crippen LogP contribution < -0.4 is 10.1 Å². The molecule has 0 radical (unpaired) electrons. The monoisotopic (exact) mass is 420 g/mol. The predicted octanol–water partition coefficient (Wildman–Crippen LogP) is 5.06. The predicted molar refractivity (Wildman–Crippen MR) is 121 cm³/mol. The van der Waals surface area contributed by atoms with Gasteiger partial charge in [0.15, 0.2) is 0 Å². The highest BCUT2D eigenvalue weighted by Crippen LogP contribution is 2.31. The third kappa shape index (κ3) is 3.97. The van der Waals surface area contributed by atoms with Crippen LogP contribution in [0.25, 0.3) is 10.9 Å². The topological polar surface area (TPSA) is 63.5 Å². The summed E-state index contributed by atoms with van der Waals surface area (Å²) in [5, 5.41) is 16.5. The van der Waals surface area contributed by atoms with Crippen LogP contribution in [0.3, 0.4) is 0 Å². The average molecular weight is 421 g/mol. The molecule has 0 unspecified atom stereocenters. The molecule has 0 saturated carbocycles. The first-order chi connectivity index (χ1) is 14.6. The number of methoxy groups -OCH3 is 1. The number of hydrogen-bond donors (Lipinski definition) is 2. The van der Waals surface area contributed by atoms with E-state index in [0.29, 0.717) is 31.1 Å². The highest BCUT2D eigenvalue weighted by atomic mass is 32.1. The fourth-order valence-corrected chi connectivity index (χ4v) is 4.47. The molecule has 0 fully saturated rings. The number of fused-ring (bicyclic) bond motifs is 1. The molecule has 5 nitrogen and oxygen atoms in total. The Bertz CT molecular complexity index is 1180. The van der Waals surface area contributed by atoms with Crippen molar-refractivity contribution in [1.82, 2.24) is 9.88 Å². The van der Waals surface area contributed by atoms with Gasteiger partial charge >= 0.3 is 5.97 Å². The van der Waals surface area contributed by atoms with Crippen LogP contribution in [0, 0.1) is 6.92 Å². The first kappa shape index (κ1) is 20.2. The fourth-order valence-electron chi connectivity index (χ4n) is 3.80. The summed E-state index contributed by atoms with van der Waals surface area (Å²) >= 11 is 1.69. The molecule has 6 heteroatoms. The first-order valence-corrected chi connectivity index (χ1v) is 10.7. The highest BCUT2D eigenvalue weighted by Gasteiger charge is 2.23. The van der Waals surface area contributed by atoms with E-state index in [0.717, 1.165) is 27.6 Å². The van der Waals surface area contributed by atoms with Crippen LogP contribution >= 0.6 is 11.3 Å². The zero-order valence-corrected chi connectivity index (χ0v) is 17.8. The van der Waals surface area contributed by atoms with Crippen molar-refractivity contribution in [3.63, 3.8) is 0 Å². The van der Waals surface area contributed by atoms with Crippen molar-refractivity contribution in [3.05, 3.63) is 87.2 Å². The van der Waals surface area contributed by atoms with Crippen molar-refractivity contribution in [3.8, 4) is 5.75 Å². The summed E-state index contributed by atoms with van der Waals surface area (Å²) in [6, 6.07) is 17.9. The van der Waals surface area contributed by atoms with Crippen LogP contribution in [0.4, 0.5) is 0 Å². The SMILES string of the molecule is COc1ccc2c(CNCc3cccs3)c(C(=O)O)n(Cc3ccccc3C)c2c1. The van der Waals surface area contributed by atoms with E-state index in [-0.39, 0.29) is 0 Å². The van der Waals surface area contributed by atoms with Gasteiger partial charge in [0.1, 0.15) is 11.4 Å². The molecule has 0 aliphatic rings. The molecule has 2 heterocycles. The van der Waals surface area contributed by atoms with E-state index in [4.69, 9.17) is 4.74 Å². The van der Waals surface area contributed by atoms with Gasteiger partial charge in [0.25, 0.3) is 0 Å². The molecule has 0 aliphatic carbocycles. The second-order valence-corrected chi connectivity index (χ2v) is 8.24. The molecule has 2 aromatic heterocycles. The Labute approximate surface area is 179 Å². The molecule has 0 atom stereocenters. The Morgan fingerprint density at radius 1 is 1.13 bits per heavy atom. The Morgan fingerprint density at radius 3 is 2.67 bits per heavy atom. The second kappa shape index (κ2) is 8.73. The molecule has 0 bridgehead atoms. The lowest BCUT2D eigenvalue weighted by atomic mass is 10.1. The lowest BCUT2D eigenvalue weighted by Crippen LogP contribution is -2.17. The third-order valence-corrected chi connectivity index (χ3v) is 6.23. The van der Waals surface area contributed by atoms with Crippen molar-refractivity contribution in [2.45, 2.75) is 26.6 Å². The number of carboxylic acids is 1. The summed E-state index contributed by atoms with van der Waals surface area (Å²) in [4.78, 5) is 13.6. The number of nitrogens with zero attached hydrogens (tertiary/aromatic N) is 1. The molecule has 154 valence electrons. The van der Waals surface area contributed by atoms with Crippen molar-refractivity contribution in [1.29, 1.82) is 0 Å². The van der Waals surface area contributed by atoms with E-state index in [1.165, 1.54) is 4.88 Å². The zero-order valence-electron chi connectivity index (χ0n) is 17.0. The number of carbonyl (C=O) groups is 1. The standard InChI is InChI=1S/C24H24N2O3S/c1-16-6-3-4-7-17(16)15-26-22-12-18(29-2)9-10-20(22)21(23(26)24(27)28)14-25-13-19-8-5-11-30-19/h3-12,25H,13-15H2,1-2H3,(H,27,28). The normalized spacial score (nSPS) is 11.1. The molecule has 4 aromatic rings. The number of hydrogen-bond acceptors (Lipinski definition) is 4. The van der Waals surface area contributed by atoms with Crippen molar-refractivity contribution >= 4 is 28.2 Å². The number of rotatable bonds is 8. The van der Waals surface area contributed by atoms with Crippen molar-refractivity contribution in [2.24, 2.45) is 0 Å². The first-order valence-electron chi connectivity index (χ1n) is 9.78. The highest BCUT2D eigenvalue weighted by molar-refractivity contribution is 7.09. The van der Waals surface area contributed by atoms with Crippen LogP contribution in [-0.2, 0) is 19.6 Å². The Balaban J connectivity index is 1.80. The number of benzene rings is 2. The molecular weight excluding hydrogens is 396 g/mol. The van der Waals surface area contributed by atoms with Crippen molar-refractivity contribution in [2.75, 3.05) is 7.11 Å². The van der Waals surface area contributed by atoms with E-state index in [1.807, 2.05) is 65.4 Å². The fraction of sp³-hybridized carbons (Fsp3) is 0.208. The summed E-state index contributed by atoms with van der Waals surface area (Å²) in [6.45, 7) is 3.72. The van der Waals surface area contributed by atoms with E-state index in [1.54, 1.807) is 18.4 Å². The number of nitrogens with one attached hydrogen (secondary N) is 1. The Morgan fingerprint density at radius 2 is 1.97 bits per heavy atom. The quantitative estimate of drug-likeness (QED) is 0.418. The summed E-state index contributed by atoms with van der Waals surface area (Å²) in [6.07, 6.45) is 0. The van der Waals surface area contributed by atoms with Gasteiger partial charge in [-0.2, -0.15) is 0 Å². The maximum Gasteiger partial charge on any atom is 0.352 e. The number of ether oxygens (including phenoxy) is 1. The summed E-state index contributed by atoms with van der Waals surface area (Å²) in [5.41, 5.74) is 4.21. The minimum absolute atomic E-state index is 0.320. The number of aromatic carboxylic acids is 1. The Kier molecular flexibility index (Phi) is 5.88. The second-order valence-electron chi connectivity index (χ2n) is 7.21. The summed E-state index contributed by atoms with van der Waals surface area (Å²) in [5.74, 6) is -0.215. The van der Waals surface area contributed by atoms with Crippen LogP contribution in [-0.4, -0.2) is 22.8 Å². The number of aromatic nitrogens is 1. The largest absolute Gasteiger partial charge is 0.497 e. The van der Waals surface area contributed by atoms with Gasteiger partial charge in [0.05, 0.1) is 12.6 Å².